The number of hydrogen-bond donors (Lipinski definition) is 2. The van der Waals surface area contributed by atoms with Crippen LogP contribution in [0.25, 0.3) is 10.6 Å². The molecular formula is C23H25FN6O3S. The van der Waals surface area contributed by atoms with Gasteiger partial charge in [-0.25, -0.2) is 15.0 Å². The fourth-order valence-electron chi connectivity index (χ4n) is 3.73. The van der Waals surface area contributed by atoms with Crippen molar-refractivity contribution in [3.63, 3.8) is 0 Å². The number of anilines is 2. The predicted octanol–water partition coefficient (Wildman–Crippen LogP) is 3.52. The van der Waals surface area contributed by atoms with Crippen LogP contribution in [0.1, 0.15) is 40.5 Å². The highest BCUT2D eigenvalue weighted by Crippen LogP contribution is 2.31. The molecule has 11 heteroatoms. The summed E-state index contributed by atoms with van der Waals surface area (Å²) < 4.78 is 18.9. The summed E-state index contributed by atoms with van der Waals surface area (Å²) in [5, 5.41) is 5.52. The zero-order chi connectivity index (χ0) is 24.2. The fraction of sp³-hybridized carbons (Fsp3) is 0.348. The van der Waals surface area contributed by atoms with Gasteiger partial charge in [-0.05, 0) is 58.1 Å². The van der Waals surface area contributed by atoms with E-state index in [2.05, 4.69) is 37.5 Å². The topological polar surface area (TPSA) is 109 Å². The molecule has 1 amide bonds. The molecule has 0 atom stereocenters. The lowest BCUT2D eigenvalue weighted by atomic mass is 10.0. The summed E-state index contributed by atoms with van der Waals surface area (Å²) in [7, 11) is 3.58. The molecule has 0 aliphatic carbocycles. The Hall–Kier alpha value is -3.44. The standard InChI is InChI=1S/C23H25FN6O3S/c1-13(31)16-11-26-23(29-20(16)19-12-25-22(24)34-19)28-17-5-4-14(10-18(17)33-3)21(32)27-15-6-8-30(2)9-7-15/h4-5,10-12,15H,6-9H2,1-3H3,(H,27,32)(H,26,28,29). The number of rotatable bonds is 7. The molecule has 4 rings (SSSR count). The molecule has 1 saturated heterocycles. The van der Waals surface area contributed by atoms with Gasteiger partial charge in [-0.3, -0.25) is 9.59 Å². The summed E-state index contributed by atoms with van der Waals surface area (Å²) in [5.74, 6) is 0.222. The molecule has 3 heterocycles. The van der Waals surface area contributed by atoms with E-state index in [0.717, 1.165) is 37.3 Å². The van der Waals surface area contributed by atoms with Crippen molar-refractivity contribution in [3.8, 4) is 16.3 Å². The molecule has 0 unspecified atom stereocenters. The maximum atomic E-state index is 13.5. The van der Waals surface area contributed by atoms with E-state index in [1.807, 2.05) is 0 Å². The average Bonchev–Trinajstić information content (AvgIpc) is 3.26. The molecular weight excluding hydrogens is 459 g/mol. The van der Waals surface area contributed by atoms with Gasteiger partial charge in [-0.15, -0.1) is 0 Å². The van der Waals surface area contributed by atoms with E-state index in [1.54, 1.807) is 18.2 Å². The number of piperidine rings is 1. The minimum atomic E-state index is -0.617. The van der Waals surface area contributed by atoms with Gasteiger partial charge in [0.1, 0.15) is 5.75 Å². The van der Waals surface area contributed by atoms with E-state index in [-0.39, 0.29) is 29.2 Å². The molecule has 2 N–H and O–H groups in total. The molecule has 3 aromatic rings. The molecule has 2 aromatic heterocycles. The van der Waals surface area contributed by atoms with Crippen LogP contribution in [0.5, 0.6) is 5.75 Å². The van der Waals surface area contributed by atoms with Crippen molar-refractivity contribution in [3.05, 3.63) is 47.0 Å². The Morgan fingerprint density at radius 3 is 2.62 bits per heavy atom. The highest BCUT2D eigenvalue weighted by molar-refractivity contribution is 7.13. The number of amides is 1. The van der Waals surface area contributed by atoms with Crippen molar-refractivity contribution in [2.24, 2.45) is 0 Å². The highest BCUT2D eigenvalue weighted by Gasteiger charge is 2.21. The molecule has 0 radical (unpaired) electrons. The first-order valence-electron chi connectivity index (χ1n) is 10.8. The lowest BCUT2D eigenvalue weighted by molar-refractivity contribution is 0.0916. The van der Waals surface area contributed by atoms with Crippen molar-refractivity contribution >= 4 is 34.7 Å². The number of nitrogens with zero attached hydrogens (tertiary/aromatic N) is 4. The number of likely N-dealkylation sites (tertiary alicyclic amines) is 1. The van der Waals surface area contributed by atoms with Gasteiger partial charge in [0.2, 0.25) is 5.95 Å². The summed E-state index contributed by atoms with van der Waals surface area (Å²) in [5.41, 5.74) is 1.58. The first-order chi connectivity index (χ1) is 16.3. The molecule has 0 saturated carbocycles. The summed E-state index contributed by atoms with van der Waals surface area (Å²) in [6.45, 7) is 3.30. The Bertz CT molecular complexity index is 1210. The van der Waals surface area contributed by atoms with E-state index >= 15 is 0 Å². The summed E-state index contributed by atoms with van der Waals surface area (Å²) in [6.07, 6.45) is 4.55. The monoisotopic (exact) mass is 484 g/mol. The Morgan fingerprint density at radius 2 is 1.97 bits per heavy atom. The minimum Gasteiger partial charge on any atom is -0.495 e. The SMILES string of the molecule is COc1cc(C(=O)NC2CCN(C)CC2)ccc1Nc1ncc(C(C)=O)c(-c2cnc(F)s2)n1. The first-order valence-corrected chi connectivity index (χ1v) is 11.6. The number of benzene rings is 1. The first kappa shape index (κ1) is 23.7. The zero-order valence-electron chi connectivity index (χ0n) is 19.1. The number of methoxy groups -OCH3 is 1. The van der Waals surface area contributed by atoms with Crippen LogP contribution in [0, 0.1) is 5.26 Å². The van der Waals surface area contributed by atoms with Crippen LogP contribution in [0.3, 0.4) is 0 Å². The predicted molar refractivity (Wildman–Crippen MR) is 127 cm³/mol. The number of hydrogen-bond acceptors (Lipinski definition) is 9. The van der Waals surface area contributed by atoms with Gasteiger partial charge in [-0.2, -0.15) is 4.39 Å². The maximum absolute atomic E-state index is 13.5. The van der Waals surface area contributed by atoms with Crippen LogP contribution in [0.15, 0.2) is 30.6 Å². The fourth-order valence-corrected chi connectivity index (χ4v) is 4.37. The van der Waals surface area contributed by atoms with Crippen LogP contribution in [-0.4, -0.2) is 64.8 Å². The normalized spacial score (nSPS) is 14.6. The van der Waals surface area contributed by atoms with Crippen LogP contribution in [-0.2, 0) is 0 Å². The van der Waals surface area contributed by atoms with Gasteiger partial charge >= 0.3 is 0 Å². The van der Waals surface area contributed by atoms with Gasteiger partial charge in [0.25, 0.3) is 11.2 Å². The maximum Gasteiger partial charge on any atom is 0.269 e. The van der Waals surface area contributed by atoms with Gasteiger partial charge in [-0.1, -0.05) is 11.3 Å². The Morgan fingerprint density at radius 1 is 1.21 bits per heavy atom. The summed E-state index contributed by atoms with van der Waals surface area (Å²) in [4.78, 5) is 39.6. The number of nitrogens with one attached hydrogen (secondary N) is 2. The van der Waals surface area contributed by atoms with Crippen molar-refractivity contribution in [1.82, 2.24) is 25.2 Å². The molecule has 9 nitrogen and oxygen atoms in total. The van der Waals surface area contributed by atoms with Crippen molar-refractivity contribution < 1.29 is 18.7 Å². The molecule has 0 bridgehead atoms. The molecule has 1 fully saturated rings. The zero-order valence-corrected chi connectivity index (χ0v) is 19.9. The average molecular weight is 485 g/mol. The number of thiazole rings is 1. The van der Waals surface area contributed by atoms with Crippen molar-refractivity contribution in [2.75, 3.05) is 32.6 Å². The number of Topliss-reactive ketones (excluding diaryl/α,β-unsaturated/α-hetero) is 1. The van der Waals surface area contributed by atoms with Crippen LogP contribution in [0.2, 0.25) is 0 Å². The van der Waals surface area contributed by atoms with Crippen molar-refractivity contribution in [1.29, 1.82) is 0 Å². The van der Waals surface area contributed by atoms with E-state index in [9.17, 15) is 14.0 Å². The molecule has 34 heavy (non-hydrogen) atoms. The van der Waals surface area contributed by atoms with E-state index < -0.39 is 5.26 Å². The number of carbonyl (C=O) groups excluding carboxylic acids is 2. The van der Waals surface area contributed by atoms with Gasteiger partial charge in [0.15, 0.2) is 5.78 Å². The highest BCUT2D eigenvalue weighted by atomic mass is 32.1. The number of carbonyl (C=O) groups is 2. The van der Waals surface area contributed by atoms with Gasteiger partial charge in [0, 0.05) is 17.8 Å². The number of aromatic nitrogens is 3. The van der Waals surface area contributed by atoms with Crippen LogP contribution >= 0.6 is 11.3 Å². The largest absolute Gasteiger partial charge is 0.495 e. The Balaban J connectivity index is 1.54. The minimum absolute atomic E-state index is 0.149. The Labute approximate surface area is 200 Å². The smallest absolute Gasteiger partial charge is 0.269 e. The lowest BCUT2D eigenvalue weighted by Gasteiger charge is -2.29. The van der Waals surface area contributed by atoms with E-state index in [1.165, 1.54) is 26.4 Å². The summed E-state index contributed by atoms with van der Waals surface area (Å²) in [6, 6.07) is 5.20. The van der Waals surface area contributed by atoms with Crippen LogP contribution < -0.4 is 15.4 Å². The third-order valence-electron chi connectivity index (χ3n) is 5.64. The van der Waals surface area contributed by atoms with Gasteiger partial charge < -0.3 is 20.3 Å². The second-order valence-electron chi connectivity index (χ2n) is 8.08. The number of ketones is 1. The molecule has 1 aliphatic heterocycles. The van der Waals surface area contributed by atoms with Crippen LogP contribution in [0.4, 0.5) is 16.0 Å². The number of ether oxygens (including phenoxy) is 1. The second kappa shape index (κ2) is 10.2. The third kappa shape index (κ3) is 5.37. The van der Waals surface area contributed by atoms with E-state index in [0.29, 0.717) is 27.6 Å². The number of halogens is 1. The Kier molecular flexibility index (Phi) is 7.13. The molecule has 178 valence electrons. The quantitative estimate of drug-likeness (QED) is 0.491. The summed E-state index contributed by atoms with van der Waals surface area (Å²) >= 11 is 0.795. The molecule has 0 spiro atoms. The second-order valence-corrected chi connectivity index (χ2v) is 9.06. The van der Waals surface area contributed by atoms with Gasteiger partial charge in [0.05, 0.1) is 35.1 Å². The molecule has 1 aliphatic rings. The third-order valence-corrected chi connectivity index (χ3v) is 6.44. The van der Waals surface area contributed by atoms with Crippen molar-refractivity contribution in [2.45, 2.75) is 25.8 Å². The van der Waals surface area contributed by atoms with E-state index in [4.69, 9.17) is 4.74 Å². The lowest BCUT2D eigenvalue weighted by Crippen LogP contribution is -2.43. The molecule has 1 aromatic carbocycles.